The highest BCUT2D eigenvalue weighted by Gasteiger charge is 2.18. The Bertz CT molecular complexity index is 378. The second-order valence-corrected chi connectivity index (χ2v) is 5.06. The van der Waals surface area contributed by atoms with Crippen LogP contribution in [0.3, 0.4) is 0 Å². The molecule has 1 aromatic carbocycles. The highest BCUT2D eigenvalue weighted by atomic mass is 15.3. The molecule has 3 nitrogen and oxygen atoms in total. The van der Waals surface area contributed by atoms with E-state index in [4.69, 9.17) is 5.73 Å². The van der Waals surface area contributed by atoms with E-state index in [1.807, 2.05) is 30.3 Å². The van der Waals surface area contributed by atoms with Gasteiger partial charge in [-0.25, -0.2) is 4.99 Å². The fraction of sp³-hybridized carbons (Fsp3) is 0.533. The van der Waals surface area contributed by atoms with Crippen LogP contribution in [0.2, 0.25) is 0 Å². The van der Waals surface area contributed by atoms with Gasteiger partial charge >= 0.3 is 0 Å². The zero-order valence-electron chi connectivity index (χ0n) is 11.2. The van der Waals surface area contributed by atoms with Gasteiger partial charge in [0.2, 0.25) is 0 Å². The number of aliphatic imine (C=N–C) groups is 1. The average Bonchev–Trinajstić information content (AvgIpc) is 2.68. The van der Waals surface area contributed by atoms with Crippen molar-refractivity contribution < 1.29 is 0 Å². The number of hydrogen-bond donors (Lipinski definition) is 1. The Morgan fingerprint density at radius 1 is 1.11 bits per heavy atom. The van der Waals surface area contributed by atoms with E-state index in [0.29, 0.717) is 12.0 Å². The molecule has 1 aromatic rings. The van der Waals surface area contributed by atoms with Crippen LogP contribution in [0.1, 0.15) is 38.5 Å². The standard InChI is InChI=1S/C15H23N3/c1-18(14-11-7-2-3-8-12-14)15(16)17-13-9-5-4-6-10-13/h4-6,9-10,14H,2-3,7-8,11-12H2,1H3,(H2,16,17). The van der Waals surface area contributed by atoms with E-state index in [1.54, 1.807) is 0 Å². The molecule has 98 valence electrons. The second-order valence-electron chi connectivity index (χ2n) is 5.06. The topological polar surface area (TPSA) is 41.6 Å². The van der Waals surface area contributed by atoms with Crippen molar-refractivity contribution in [3.63, 3.8) is 0 Å². The summed E-state index contributed by atoms with van der Waals surface area (Å²) in [5.74, 6) is 0.632. The van der Waals surface area contributed by atoms with Gasteiger partial charge in [0.25, 0.3) is 0 Å². The van der Waals surface area contributed by atoms with Gasteiger partial charge in [0.1, 0.15) is 0 Å². The molecule has 0 aromatic heterocycles. The third-order valence-electron chi connectivity index (χ3n) is 3.73. The molecule has 0 aliphatic heterocycles. The first-order valence-corrected chi connectivity index (χ1v) is 6.89. The van der Waals surface area contributed by atoms with Gasteiger partial charge in [0, 0.05) is 13.1 Å². The Balaban J connectivity index is 2.03. The summed E-state index contributed by atoms with van der Waals surface area (Å²) in [4.78, 5) is 6.64. The minimum absolute atomic E-state index is 0.556. The summed E-state index contributed by atoms with van der Waals surface area (Å²) < 4.78 is 0. The van der Waals surface area contributed by atoms with E-state index in [9.17, 15) is 0 Å². The largest absolute Gasteiger partial charge is 0.369 e. The molecule has 0 saturated heterocycles. The van der Waals surface area contributed by atoms with Crippen LogP contribution in [0.25, 0.3) is 0 Å². The molecule has 0 bridgehead atoms. The molecule has 0 amide bonds. The molecule has 0 atom stereocenters. The van der Waals surface area contributed by atoms with Crippen molar-refractivity contribution in [2.24, 2.45) is 10.7 Å². The van der Waals surface area contributed by atoms with Crippen molar-refractivity contribution in [3.8, 4) is 0 Å². The monoisotopic (exact) mass is 245 g/mol. The molecule has 0 radical (unpaired) electrons. The Labute approximate surface area is 110 Å². The van der Waals surface area contributed by atoms with E-state index in [2.05, 4.69) is 16.9 Å². The van der Waals surface area contributed by atoms with Crippen molar-refractivity contribution >= 4 is 11.6 Å². The summed E-state index contributed by atoms with van der Waals surface area (Å²) in [5.41, 5.74) is 7.03. The summed E-state index contributed by atoms with van der Waals surface area (Å²) in [7, 11) is 2.07. The fourth-order valence-electron chi connectivity index (χ4n) is 2.55. The first kappa shape index (κ1) is 12.9. The predicted octanol–water partition coefficient (Wildman–Crippen LogP) is 3.29. The maximum atomic E-state index is 6.11. The number of benzene rings is 1. The first-order valence-electron chi connectivity index (χ1n) is 6.89. The van der Waals surface area contributed by atoms with Gasteiger partial charge in [-0.05, 0) is 25.0 Å². The van der Waals surface area contributed by atoms with E-state index in [0.717, 1.165) is 5.69 Å². The van der Waals surface area contributed by atoms with Gasteiger partial charge < -0.3 is 10.6 Å². The van der Waals surface area contributed by atoms with Crippen molar-refractivity contribution in [1.29, 1.82) is 0 Å². The molecule has 0 heterocycles. The number of para-hydroxylation sites is 1. The quantitative estimate of drug-likeness (QED) is 0.493. The Hall–Kier alpha value is -1.51. The normalized spacial score (nSPS) is 18.4. The molecule has 1 saturated carbocycles. The Morgan fingerprint density at radius 2 is 1.72 bits per heavy atom. The minimum Gasteiger partial charge on any atom is -0.369 e. The highest BCUT2D eigenvalue weighted by Crippen LogP contribution is 2.21. The van der Waals surface area contributed by atoms with Gasteiger partial charge in [0.15, 0.2) is 5.96 Å². The number of nitrogens with two attached hydrogens (primary N) is 1. The lowest BCUT2D eigenvalue weighted by molar-refractivity contribution is 0.327. The summed E-state index contributed by atoms with van der Waals surface area (Å²) >= 11 is 0. The number of nitrogens with zero attached hydrogens (tertiary/aromatic N) is 2. The lowest BCUT2D eigenvalue weighted by Crippen LogP contribution is -2.41. The maximum Gasteiger partial charge on any atom is 0.196 e. The highest BCUT2D eigenvalue weighted by molar-refractivity contribution is 5.81. The number of guanidine groups is 1. The Kier molecular flexibility index (Phi) is 4.62. The average molecular weight is 245 g/mol. The van der Waals surface area contributed by atoms with Crippen LogP contribution in [-0.2, 0) is 0 Å². The van der Waals surface area contributed by atoms with Gasteiger partial charge in [-0.2, -0.15) is 0 Å². The van der Waals surface area contributed by atoms with E-state index in [-0.39, 0.29) is 0 Å². The molecular weight excluding hydrogens is 222 g/mol. The predicted molar refractivity (Wildman–Crippen MR) is 77.0 cm³/mol. The summed E-state index contributed by atoms with van der Waals surface area (Å²) in [5, 5.41) is 0. The van der Waals surface area contributed by atoms with Crippen LogP contribution < -0.4 is 5.73 Å². The van der Waals surface area contributed by atoms with Gasteiger partial charge in [0.05, 0.1) is 5.69 Å². The summed E-state index contributed by atoms with van der Waals surface area (Å²) in [6.45, 7) is 0. The number of rotatable bonds is 2. The molecule has 0 unspecified atom stereocenters. The molecule has 18 heavy (non-hydrogen) atoms. The van der Waals surface area contributed by atoms with Gasteiger partial charge in [-0.1, -0.05) is 43.9 Å². The lowest BCUT2D eigenvalue weighted by atomic mass is 10.1. The molecule has 3 heteroatoms. The van der Waals surface area contributed by atoms with Crippen LogP contribution in [0, 0.1) is 0 Å². The van der Waals surface area contributed by atoms with Gasteiger partial charge in [-0.15, -0.1) is 0 Å². The van der Waals surface area contributed by atoms with E-state index in [1.165, 1.54) is 38.5 Å². The van der Waals surface area contributed by atoms with Crippen LogP contribution in [0.4, 0.5) is 5.69 Å². The maximum absolute atomic E-state index is 6.11. The Morgan fingerprint density at radius 3 is 2.33 bits per heavy atom. The molecular formula is C15H23N3. The SMILES string of the molecule is CN(C(N)=Nc1ccccc1)C1CCCCCC1. The van der Waals surface area contributed by atoms with Crippen LogP contribution >= 0.6 is 0 Å². The molecule has 2 N–H and O–H groups in total. The zero-order chi connectivity index (χ0) is 12.8. The zero-order valence-corrected chi connectivity index (χ0v) is 11.2. The van der Waals surface area contributed by atoms with Crippen molar-refractivity contribution in [3.05, 3.63) is 30.3 Å². The summed E-state index contributed by atoms with van der Waals surface area (Å²) in [6, 6.07) is 10.5. The molecule has 1 aliphatic rings. The molecule has 0 spiro atoms. The molecule has 2 rings (SSSR count). The minimum atomic E-state index is 0.556. The van der Waals surface area contributed by atoms with Crippen molar-refractivity contribution in [2.75, 3.05) is 7.05 Å². The smallest absolute Gasteiger partial charge is 0.196 e. The fourth-order valence-corrected chi connectivity index (χ4v) is 2.55. The number of hydrogen-bond acceptors (Lipinski definition) is 1. The third-order valence-corrected chi connectivity index (χ3v) is 3.73. The van der Waals surface area contributed by atoms with Crippen molar-refractivity contribution in [2.45, 2.75) is 44.6 Å². The van der Waals surface area contributed by atoms with Crippen molar-refractivity contribution in [1.82, 2.24) is 4.90 Å². The van der Waals surface area contributed by atoms with E-state index < -0.39 is 0 Å². The molecule has 1 fully saturated rings. The summed E-state index contributed by atoms with van der Waals surface area (Å²) in [6.07, 6.45) is 7.82. The van der Waals surface area contributed by atoms with Crippen LogP contribution in [0.15, 0.2) is 35.3 Å². The van der Waals surface area contributed by atoms with Crippen LogP contribution in [0.5, 0.6) is 0 Å². The van der Waals surface area contributed by atoms with Crippen LogP contribution in [-0.4, -0.2) is 23.9 Å². The molecule has 1 aliphatic carbocycles. The third kappa shape index (κ3) is 3.49. The lowest BCUT2D eigenvalue weighted by Gasteiger charge is -2.28. The van der Waals surface area contributed by atoms with Gasteiger partial charge in [-0.3, -0.25) is 0 Å². The first-order chi connectivity index (χ1) is 8.77. The second kappa shape index (κ2) is 6.43. The van der Waals surface area contributed by atoms with E-state index >= 15 is 0 Å².